The summed E-state index contributed by atoms with van der Waals surface area (Å²) in [6, 6.07) is 0. The van der Waals surface area contributed by atoms with Crippen LogP contribution < -0.4 is 0 Å². The molecule has 1 amide bonds. The van der Waals surface area contributed by atoms with Gasteiger partial charge in [-0.25, -0.2) is 0 Å². The van der Waals surface area contributed by atoms with Crippen LogP contribution in [0.15, 0.2) is 0 Å². The van der Waals surface area contributed by atoms with Crippen LogP contribution in [0.25, 0.3) is 0 Å². The fourth-order valence-electron chi connectivity index (χ4n) is 1.36. The molecule has 1 saturated heterocycles. The Labute approximate surface area is 72.5 Å². The molecule has 1 fully saturated rings. The molecule has 64 valence electrons. The Morgan fingerprint density at radius 2 is 2.18 bits per heavy atom. The summed E-state index contributed by atoms with van der Waals surface area (Å²) >= 11 is 5.40. The van der Waals surface area contributed by atoms with Gasteiger partial charge in [-0.05, 0) is 6.42 Å². The van der Waals surface area contributed by atoms with Crippen LogP contribution in [0, 0.1) is 5.41 Å². The van der Waals surface area contributed by atoms with Crippen molar-refractivity contribution in [2.24, 2.45) is 5.41 Å². The number of nitrogens with zero attached hydrogens (tertiary/aromatic N) is 1. The largest absolute Gasteiger partial charge is 0.340 e. The highest BCUT2D eigenvalue weighted by atomic mass is 35.5. The van der Waals surface area contributed by atoms with Crippen molar-refractivity contribution in [1.29, 1.82) is 0 Å². The summed E-state index contributed by atoms with van der Waals surface area (Å²) in [4.78, 5) is 12.8. The number of likely N-dealkylation sites (tertiary alicyclic amines) is 1. The molecule has 0 unspecified atom stereocenters. The topological polar surface area (TPSA) is 20.3 Å². The molecular weight excluding hydrogens is 162 g/mol. The standard InChI is InChI=1S/C8H14ClNO/c1-3-8(2)5-10(6-8)7(11)4-9/h3-6H2,1-2H3. The minimum atomic E-state index is 0.0672. The van der Waals surface area contributed by atoms with Gasteiger partial charge in [-0.2, -0.15) is 0 Å². The van der Waals surface area contributed by atoms with E-state index in [-0.39, 0.29) is 11.8 Å². The number of hydrogen-bond acceptors (Lipinski definition) is 1. The van der Waals surface area contributed by atoms with Crippen molar-refractivity contribution in [3.05, 3.63) is 0 Å². The van der Waals surface area contributed by atoms with E-state index in [1.165, 1.54) is 0 Å². The van der Waals surface area contributed by atoms with Gasteiger partial charge in [0.05, 0.1) is 0 Å². The highest BCUT2D eigenvalue weighted by molar-refractivity contribution is 6.27. The lowest BCUT2D eigenvalue weighted by atomic mass is 9.79. The minimum absolute atomic E-state index is 0.0672. The van der Waals surface area contributed by atoms with Gasteiger partial charge >= 0.3 is 0 Å². The number of carbonyl (C=O) groups is 1. The van der Waals surface area contributed by atoms with Gasteiger partial charge in [0.15, 0.2) is 0 Å². The van der Waals surface area contributed by atoms with Crippen molar-refractivity contribution in [3.63, 3.8) is 0 Å². The van der Waals surface area contributed by atoms with Gasteiger partial charge in [-0.1, -0.05) is 13.8 Å². The monoisotopic (exact) mass is 175 g/mol. The third-order valence-corrected chi connectivity index (χ3v) is 2.69. The lowest BCUT2D eigenvalue weighted by Crippen LogP contribution is -2.57. The molecule has 0 aromatic rings. The van der Waals surface area contributed by atoms with Crippen molar-refractivity contribution in [3.8, 4) is 0 Å². The number of amides is 1. The number of alkyl halides is 1. The number of rotatable bonds is 2. The molecule has 1 aliphatic rings. The second-order valence-corrected chi connectivity index (χ2v) is 3.81. The van der Waals surface area contributed by atoms with E-state index in [0.717, 1.165) is 19.5 Å². The van der Waals surface area contributed by atoms with Gasteiger partial charge in [-0.15, -0.1) is 11.6 Å². The molecule has 1 heterocycles. The molecule has 0 bridgehead atoms. The Hall–Kier alpha value is -0.240. The summed E-state index contributed by atoms with van der Waals surface area (Å²) in [6.45, 7) is 6.12. The molecule has 2 nitrogen and oxygen atoms in total. The average Bonchev–Trinajstić information content (AvgIpc) is 1.97. The lowest BCUT2D eigenvalue weighted by Gasteiger charge is -2.47. The first kappa shape index (κ1) is 8.85. The molecule has 1 rings (SSSR count). The Morgan fingerprint density at radius 1 is 1.64 bits per heavy atom. The van der Waals surface area contributed by atoms with Gasteiger partial charge in [0, 0.05) is 18.5 Å². The minimum Gasteiger partial charge on any atom is -0.340 e. The van der Waals surface area contributed by atoms with Crippen LogP contribution >= 0.6 is 11.6 Å². The molecule has 0 aromatic carbocycles. The molecular formula is C8H14ClNO. The first-order valence-electron chi connectivity index (χ1n) is 3.95. The number of hydrogen-bond donors (Lipinski definition) is 0. The van der Waals surface area contributed by atoms with E-state index in [0.29, 0.717) is 5.41 Å². The van der Waals surface area contributed by atoms with Gasteiger partial charge in [0.2, 0.25) is 5.91 Å². The van der Waals surface area contributed by atoms with E-state index in [1.54, 1.807) is 0 Å². The Balaban J connectivity index is 2.34. The molecule has 0 aromatic heterocycles. The SMILES string of the molecule is CCC1(C)CN(C(=O)CCl)C1. The van der Waals surface area contributed by atoms with E-state index in [9.17, 15) is 4.79 Å². The molecule has 0 spiro atoms. The van der Waals surface area contributed by atoms with Crippen molar-refractivity contribution < 1.29 is 4.79 Å². The maximum Gasteiger partial charge on any atom is 0.237 e. The molecule has 0 N–H and O–H groups in total. The molecule has 0 saturated carbocycles. The van der Waals surface area contributed by atoms with Crippen LogP contribution in [0.5, 0.6) is 0 Å². The second kappa shape index (κ2) is 3.02. The highest BCUT2D eigenvalue weighted by Gasteiger charge is 2.38. The highest BCUT2D eigenvalue weighted by Crippen LogP contribution is 2.32. The van der Waals surface area contributed by atoms with Gasteiger partial charge in [-0.3, -0.25) is 4.79 Å². The quantitative estimate of drug-likeness (QED) is 0.583. The van der Waals surface area contributed by atoms with E-state index >= 15 is 0 Å². The third kappa shape index (κ3) is 1.67. The van der Waals surface area contributed by atoms with E-state index < -0.39 is 0 Å². The van der Waals surface area contributed by atoms with Crippen molar-refractivity contribution >= 4 is 17.5 Å². The molecule has 0 aliphatic carbocycles. The van der Waals surface area contributed by atoms with Crippen LogP contribution in [-0.4, -0.2) is 29.8 Å². The fourth-order valence-corrected chi connectivity index (χ4v) is 1.53. The van der Waals surface area contributed by atoms with Crippen molar-refractivity contribution in [2.45, 2.75) is 20.3 Å². The summed E-state index contributed by atoms with van der Waals surface area (Å²) in [6.07, 6.45) is 1.14. The Kier molecular flexibility index (Phi) is 2.43. The van der Waals surface area contributed by atoms with Crippen LogP contribution in [-0.2, 0) is 4.79 Å². The summed E-state index contributed by atoms with van der Waals surface area (Å²) in [5, 5.41) is 0. The van der Waals surface area contributed by atoms with Gasteiger partial charge in [0.25, 0.3) is 0 Å². The molecule has 0 atom stereocenters. The summed E-state index contributed by atoms with van der Waals surface area (Å²) in [5.41, 5.74) is 0.363. The first-order valence-corrected chi connectivity index (χ1v) is 4.48. The summed E-state index contributed by atoms with van der Waals surface area (Å²) in [5.74, 6) is 0.192. The van der Waals surface area contributed by atoms with Crippen LogP contribution in [0.1, 0.15) is 20.3 Å². The van der Waals surface area contributed by atoms with Crippen molar-refractivity contribution in [1.82, 2.24) is 4.90 Å². The van der Waals surface area contributed by atoms with Gasteiger partial charge in [0.1, 0.15) is 5.88 Å². The Bertz CT molecular complexity index is 163. The normalized spacial score (nSPS) is 21.2. The molecule has 1 aliphatic heterocycles. The van der Waals surface area contributed by atoms with Crippen LogP contribution in [0.4, 0.5) is 0 Å². The third-order valence-electron chi connectivity index (χ3n) is 2.47. The van der Waals surface area contributed by atoms with Crippen LogP contribution in [0.2, 0.25) is 0 Å². The average molecular weight is 176 g/mol. The fraction of sp³-hybridized carbons (Fsp3) is 0.875. The Morgan fingerprint density at radius 3 is 2.55 bits per heavy atom. The van der Waals surface area contributed by atoms with Crippen LogP contribution in [0.3, 0.4) is 0 Å². The predicted molar refractivity (Wildman–Crippen MR) is 45.7 cm³/mol. The van der Waals surface area contributed by atoms with E-state index in [2.05, 4.69) is 13.8 Å². The van der Waals surface area contributed by atoms with E-state index in [1.807, 2.05) is 4.90 Å². The predicted octanol–water partition coefficient (Wildman–Crippen LogP) is 1.48. The number of carbonyl (C=O) groups excluding carboxylic acids is 1. The molecule has 11 heavy (non-hydrogen) atoms. The zero-order valence-electron chi connectivity index (χ0n) is 7.06. The first-order chi connectivity index (χ1) is 5.11. The molecule has 3 heteroatoms. The smallest absolute Gasteiger partial charge is 0.237 e. The van der Waals surface area contributed by atoms with Gasteiger partial charge < -0.3 is 4.90 Å². The maximum absolute atomic E-state index is 11.0. The summed E-state index contributed by atoms with van der Waals surface area (Å²) < 4.78 is 0. The lowest BCUT2D eigenvalue weighted by molar-refractivity contribution is -0.139. The van der Waals surface area contributed by atoms with Crippen molar-refractivity contribution in [2.75, 3.05) is 19.0 Å². The zero-order chi connectivity index (χ0) is 8.48. The second-order valence-electron chi connectivity index (χ2n) is 3.55. The van der Waals surface area contributed by atoms with E-state index in [4.69, 9.17) is 11.6 Å². The molecule has 0 radical (unpaired) electrons. The maximum atomic E-state index is 11.0. The number of halogens is 1. The summed E-state index contributed by atoms with van der Waals surface area (Å²) in [7, 11) is 0. The zero-order valence-corrected chi connectivity index (χ0v) is 7.82.